The molecule has 1 aliphatic rings. The zero-order valence-corrected chi connectivity index (χ0v) is 16.9. The molecule has 0 atom stereocenters. The average Bonchev–Trinajstić information content (AvgIpc) is 2.72. The first kappa shape index (κ1) is 19.9. The summed E-state index contributed by atoms with van der Waals surface area (Å²) in [5.74, 6) is 1.77. The van der Waals surface area contributed by atoms with Crippen molar-refractivity contribution in [3.8, 4) is 11.5 Å². The molecule has 1 N–H and O–H groups in total. The molecule has 6 nitrogen and oxygen atoms in total. The number of amides is 2. The molecule has 1 fully saturated rings. The molecule has 1 aliphatic heterocycles. The minimum Gasteiger partial charge on any atom is -0.495 e. The first-order valence-corrected chi connectivity index (χ1v) is 9.70. The first-order valence-electron chi connectivity index (χ1n) is 9.70. The molecule has 28 heavy (non-hydrogen) atoms. The van der Waals surface area contributed by atoms with Crippen molar-refractivity contribution in [2.45, 2.75) is 13.8 Å². The molecule has 0 unspecified atom stereocenters. The minimum absolute atomic E-state index is 0.0372. The number of rotatable bonds is 6. The molecule has 0 radical (unpaired) electrons. The summed E-state index contributed by atoms with van der Waals surface area (Å²) in [6.45, 7) is 7.94. The topological polar surface area (TPSA) is 54.0 Å². The van der Waals surface area contributed by atoms with E-state index in [9.17, 15) is 4.79 Å². The fraction of sp³-hybridized carbons (Fsp3) is 0.409. The molecule has 2 aromatic carbocycles. The van der Waals surface area contributed by atoms with Gasteiger partial charge in [-0.2, -0.15) is 0 Å². The van der Waals surface area contributed by atoms with Crippen LogP contribution in [-0.2, 0) is 0 Å². The van der Waals surface area contributed by atoms with Crippen LogP contribution in [0.5, 0.6) is 11.5 Å². The number of aryl methyl sites for hydroxylation is 2. The van der Waals surface area contributed by atoms with Crippen LogP contribution < -0.4 is 19.7 Å². The Labute approximate surface area is 167 Å². The molecule has 1 heterocycles. The van der Waals surface area contributed by atoms with Crippen molar-refractivity contribution >= 4 is 11.7 Å². The lowest BCUT2D eigenvalue weighted by atomic mass is 10.1. The number of ether oxygens (including phenoxy) is 2. The normalized spacial score (nSPS) is 14.0. The van der Waals surface area contributed by atoms with Gasteiger partial charge in [-0.05, 0) is 37.1 Å². The Bertz CT molecular complexity index is 781. The number of methoxy groups -OCH3 is 1. The lowest BCUT2D eigenvalue weighted by Gasteiger charge is -2.36. The van der Waals surface area contributed by atoms with Crippen LogP contribution in [0.3, 0.4) is 0 Å². The van der Waals surface area contributed by atoms with Crippen LogP contribution >= 0.6 is 0 Å². The van der Waals surface area contributed by atoms with Crippen LogP contribution in [0.1, 0.15) is 11.1 Å². The molecule has 6 heteroatoms. The summed E-state index contributed by atoms with van der Waals surface area (Å²) in [5.41, 5.74) is 3.30. The maximum absolute atomic E-state index is 12.4. The third-order valence-corrected chi connectivity index (χ3v) is 5.03. The number of carbonyl (C=O) groups excluding carboxylic acids is 1. The van der Waals surface area contributed by atoms with Crippen molar-refractivity contribution < 1.29 is 14.3 Å². The summed E-state index contributed by atoms with van der Waals surface area (Å²) >= 11 is 0. The van der Waals surface area contributed by atoms with E-state index in [1.165, 1.54) is 0 Å². The van der Waals surface area contributed by atoms with Crippen LogP contribution in [0.25, 0.3) is 0 Å². The highest BCUT2D eigenvalue weighted by atomic mass is 16.5. The van der Waals surface area contributed by atoms with Gasteiger partial charge in [0.15, 0.2) is 0 Å². The number of carbonyl (C=O) groups is 1. The van der Waals surface area contributed by atoms with E-state index in [-0.39, 0.29) is 6.03 Å². The molecule has 0 aliphatic carbocycles. The molecule has 2 aromatic rings. The number of hydrogen-bond donors (Lipinski definition) is 1. The Kier molecular flexibility index (Phi) is 6.63. The number of urea groups is 1. The van der Waals surface area contributed by atoms with E-state index in [2.05, 4.69) is 16.3 Å². The predicted octanol–water partition coefficient (Wildman–Crippen LogP) is 3.22. The van der Waals surface area contributed by atoms with E-state index in [1.54, 1.807) is 7.11 Å². The van der Waals surface area contributed by atoms with Gasteiger partial charge >= 0.3 is 6.03 Å². The minimum atomic E-state index is -0.0372. The van der Waals surface area contributed by atoms with Gasteiger partial charge in [0.25, 0.3) is 0 Å². The third-order valence-electron chi connectivity index (χ3n) is 5.03. The van der Waals surface area contributed by atoms with Gasteiger partial charge in [0.2, 0.25) is 0 Å². The Morgan fingerprint density at radius 1 is 1.00 bits per heavy atom. The van der Waals surface area contributed by atoms with Crippen LogP contribution in [0.4, 0.5) is 10.5 Å². The van der Waals surface area contributed by atoms with E-state index < -0.39 is 0 Å². The average molecular weight is 383 g/mol. The predicted molar refractivity (Wildman–Crippen MR) is 112 cm³/mol. The standard InChI is InChI=1S/C22H29N3O3/c1-17-7-6-8-18(2)21(17)28-16-11-23-22(26)25-14-12-24(13-15-25)19-9-4-5-10-20(19)27-3/h4-10H,11-16H2,1-3H3,(H,23,26). The van der Waals surface area contributed by atoms with Gasteiger partial charge in [-0.15, -0.1) is 0 Å². The molecule has 0 spiro atoms. The van der Waals surface area contributed by atoms with E-state index in [0.717, 1.165) is 41.4 Å². The number of nitrogens with zero attached hydrogens (tertiary/aromatic N) is 2. The van der Waals surface area contributed by atoms with Crippen LogP contribution in [0, 0.1) is 13.8 Å². The summed E-state index contributed by atoms with van der Waals surface area (Å²) in [7, 11) is 1.68. The largest absolute Gasteiger partial charge is 0.495 e. The Morgan fingerprint density at radius 2 is 1.68 bits per heavy atom. The van der Waals surface area contributed by atoms with Crippen LogP contribution in [0.15, 0.2) is 42.5 Å². The smallest absolute Gasteiger partial charge is 0.317 e. The molecule has 0 aromatic heterocycles. The Morgan fingerprint density at radius 3 is 2.36 bits per heavy atom. The summed E-state index contributed by atoms with van der Waals surface area (Å²) in [4.78, 5) is 16.5. The summed E-state index contributed by atoms with van der Waals surface area (Å²) < 4.78 is 11.3. The van der Waals surface area contributed by atoms with Crippen molar-refractivity contribution in [1.82, 2.24) is 10.2 Å². The number of benzene rings is 2. The molecule has 3 rings (SSSR count). The quantitative estimate of drug-likeness (QED) is 0.778. The summed E-state index contributed by atoms with van der Waals surface area (Å²) in [6.07, 6.45) is 0. The first-order chi connectivity index (χ1) is 13.6. The molecule has 0 saturated carbocycles. The summed E-state index contributed by atoms with van der Waals surface area (Å²) in [5, 5.41) is 2.96. The van der Waals surface area contributed by atoms with Gasteiger partial charge in [0.1, 0.15) is 18.1 Å². The fourth-order valence-electron chi connectivity index (χ4n) is 3.49. The SMILES string of the molecule is COc1ccccc1N1CCN(C(=O)NCCOc2c(C)cccc2C)CC1. The lowest BCUT2D eigenvalue weighted by Crippen LogP contribution is -2.52. The Hall–Kier alpha value is -2.89. The number of hydrogen-bond acceptors (Lipinski definition) is 4. The van der Waals surface area contributed by atoms with Crippen molar-refractivity contribution in [1.29, 1.82) is 0 Å². The molecule has 2 amide bonds. The third kappa shape index (κ3) is 4.68. The highest BCUT2D eigenvalue weighted by Gasteiger charge is 2.22. The van der Waals surface area contributed by atoms with Gasteiger partial charge in [0.05, 0.1) is 19.3 Å². The second-order valence-corrected chi connectivity index (χ2v) is 6.95. The van der Waals surface area contributed by atoms with E-state index in [4.69, 9.17) is 9.47 Å². The molecule has 150 valence electrons. The van der Waals surface area contributed by atoms with Gasteiger partial charge in [-0.25, -0.2) is 4.79 Å². The van der Waals surface area contributed by atoms with E-state index in [0.29, 0.717) is 26.2 Å². The molecular formula is C22H29N3O3. The van der Waals surface area contributed by atoms with E-state index in [1.807, 2.05) is 55.1 Å². The fourth-order valence-corrected chi connectivity index (χ4v) is 3.49. The maximum Gasteiger partial charge on any atom is 0.317 e. The highest BCUT2D eigenvalue weighted by Crippen LogP contribution is 2.28. The number of nitrogens with one attached hydrogen (secondary N) is 1. The van der Waals surface area contributed by atoms with E-state index >= 15 is 0 Å². The second-order valence-electron chi connectivity index (χ2n) is 6.95. The Balaban J connectivity index is 1.43. The monoisotopic (exact) mass is 383 g/mol. The van der Waals surface area contributed by atoms with Crippen LogP contribution in [-0.4, -0.2) is 57.4 Å². The van der Waals surface area contributed by atoms with Crippen molar-refractivity contribution in [3.63, 3.8) is 0 Å². The van der Waals surface area contributed by atoms with Gasteiger partial charge < -0.3 is 24.6 Å². The highest BCUT2D eigenvalue weighted by molar-refractivity contribution is 5.74. The van der Waals surface area contributed by atoms with Crippen LogP contribution in [0.2, 0.25) is 0 Å². The molecule has 0 bridgehead atoms. The zero-order chi connectivity index (χ0) is 19.9. The van der Waals surface area contributed by atoms with Crippen molar-refractivity contribution in [2.24, 2.45) is 0 Å². The molecular weight excluding hydrogens is 354 g/mol. The van der Waals surface area contributed by atoms with Crippen molar-refractivity contribution in [3.05, 3.63) is 53.6 Å². The number of anilines is 1. The van der Waals surface area contributed by atoms with Gasteiger partial charge in [-0.1, -0.05) is 30.3 Å². The summed E-state index contributed by atoms with van der Waals surface area (Å²) in [6, 6.07) is 14.0. The number of para-hydroxylation sites is 3. The van der Waals surface area contributed by atoms with Gasteiger partial charge in [-0.3, -0.25) is 0 Å². The van der Waals surface area contributed by atoms with Crippen molar-refractivity contribution in [2.75, 3.05) is 51.3 Å². The van der Waals surface area contributed by atoms with Gasteiger partial charge in [0, 0.05) is 26.2 Å². The number of piperazine rings is 1. The zero-order valence-electron chi connectivity index (χ0n) is 16.9. The molecule has 1 saturated heterocycles. The maximum atomic E-state index is 12.4. The lowest BCUT2D eigenvalue weighted by molar-refractivity contribution is 0.191. The second kappa shape index (κ2) is 9.35.